The molecule has 2 rings (SSSR count). The predicted octanol–water partition coefficient (Wildman–Crippen LogP) is 3.34. The number of aliphatic carboxylic acids is 1. The van der Waals surface area contributed by atoms with Crippen LogP contribution in [-0.4, -0.2) is 40.8 Å². The number of carboxylic acids is 1. The molecule has 0 aromatic heterocycles. The zero-order valence-electron chi connectivity index (χ0n) is 14.4. The summed E-state index contributed by atoms with van der Waals surface area (Å²) in [7, 11) is 0. The predicted molar refractivity (Wildman–Crippen MR) is 87.6 cm³/mol. The van der Waals surface area contributed by atoms with E-state index in [-0.39, 0.29) is 12.5 Å². The lowest BCUT2D eigenvalue weighted by Crippen LogP contribution is -2.35. The van der Waals surface area contributed by atoms with Gasteiger partial charge in [-0.25, -0.2) is 4.79 Å². The molecule has 1 heterocycles. The maximum Gasteiger partial charge on any atom is 0.410 e. The Bertz CT molecular complexity index is 618. The molecule has 1 aliphatic rings. The first-order chi connectivity index (χ1) is 10.6. The van der Waals surface area contributed by atoms with E-state index in [9.17, 15) is 14.7 Å². The van der Waals surface area contributed by atoms with Crippen LogP contribution in [0.25, 0.3) is 0 Å². The van der Waals surface area contributed by atoms with Crippen molar-refractivity contribution in [2.45, 2.75) is 46.1 Å². The fraction of sp³-hybridized carbons (Fsp3) is 0.556. The van der Waals surface area contributed by atoms with Gasteiger partial charge in [0.25, 0.3) is 0 Å². The number of benzene rings is 1. The van der Waals surface area contributed by atoms with Crippen molar-refractivity contribution in [3.05, 3.63) is 34.9 Å². The molecule has 5 nitrogen and oxygen atoms in total. The van der Waals surface area contributed by atoms with Crippen LogP contribution in [0.1, 0.15) is 43.4 Å². The van der Waals surface area contributed by atoms with Gasteiger partial charge in [-0.2, -0.15) is 0 Å². The summed E-state index contributed by atoms with van der Waals surface area (Å²) in [5.74, 6) is -1.69. The number of carboxylic acid groups (broad SMARTS) is 1. The lowest BCUT2D eigenvalue weighted by Gasteiger charge is -2.24. The van der Waals surface area contributed by atoms with E-state index in [2.05, 4.69) is 0 Å². The molecule has 23 heavy (non-hydrogen) atoms. The van der Waals surface area contributed by atoms with Crippen LogP contribution >= 0.6 is 0 Å². The van der Waals surface area contributed by atoms with Crippen molar-refractivity contribution < 1.29 is 19.4 Å². The number of hydrogen-bond donors (Lipinski definition) is 1. The molecule has 1 aromatic rings. The van der Waals surface area contributed by atoms with E-state index in [1.54, 1.807) is 20.8 Å². The number of amides is 1. The third kappa shape index (κ3) is 4.03. The highest BCUT2D eigenvalue weighted by atomic mass is 16.6. The molecule has 1 saturated heterocycles. The topological polar surface area (TPSA) is 66.8 Å². The Balaban J connectivity index is 2.23. The normalized spacial score (nSPS) is 21.3. The average Bonchev–Trinajstić information content (AvgIpc) is 2.85. The number of carbonyl (C=O) groups is 2. The average molecular weight is 319 g/mol. The first kappa shape index (κ1) is 17.3. The highest BCUT2D eigenvalue weighted by Gasteiger charge is 2.41. The molecular formula is C18H25NO4. The molecule has 1 fully saturated rings. The highest BCUT2D eigenvalue weighted by molar-refractivity contribution is 5.76. The minimum atomic E-state index is -0.876. The van der Waals surface area contributed by atoms with Gasteiger partial charge in [0.15, 0.2) is 0 Å². The maximum atomic E-state index is 12.2. The first-order valence-corrected chi connectivity index (χ1v) is 7.86. The number of ether oxygens (including phenoxy) is 1. The van der Waals surface area contributed by atoms with Gasteiger partial charge in [-0.05, 0) is 51.3 Å². The van der Waals surface area contributed by atoms with Gasteiger partial charge in [0.05, 0.1) is 5.92 Å². The molecular weight excluding hydrogens is 294 g/mol. The molecule has 0 bridgehead atoms. The summed E-state index contributed by atoms with van der Waals surface area (Å²) < 4.78 is 5.37. The first-order valence-electron chi connectivity index (χ1n) is 7.86. The van der Waals surface area contributed by atoms with Gasteiger partial charge >= 0.3 is 12.1 Å². The summed E-state index contributed by atoms with van der Waals surface area (Å²) in [5.41, 5.74) is 2.67. The van der Waals surface area contributed by atoms with Crippen molar-refractivity contribution in [2.24, 2.45) is 5.92 Å². The quantitative estimate of drug-likeness (QED) is 0.908. The summed E-state index contributed by atoms with van der Waals surface area (Å²) in [6.45, 7) is 9.99. The standard InChI is InChI=1S/C18H25NO4/c1-11-6-7-13(8-12(11)2)14-9-19(10-15(14)16(20)21)17(22)23-18(3,4)5/h6-8,14-15H,9-10H2,1-5H3,(H,20,21). The molecule has 5 heteroatoms. The molecule has 1 N–H and O–H groups in total. The van der Waals surface area contributed by atoms with Gasteiger partial charge in [-0.3, -0.25) is 4.79 Å². The van der Waals surface area contributed by atoms with E-state index in [4.69, 9.17) is 4.74 Å². The fourth-order valence-electron chi connectivity index (χ4n) is 2.86. The van der Waals surface area contributed by atoms with Crippen molar-refractivity contribution >= 4 is 12.1 Å². The van der Waals surface area contributed by atoms with Gasteiger partial charge in [0.2, 0.25) is 0 Å². The van der Waals surface area contributed by atoms with E-state index < -0.39 is 23.6 Å². The molecule has 0 radical (unpaired) electrons. The second-order valence-corrected chi connectivity index (χ2v) is 7.28. The molecule has 1 amide bonds. The highest BCUT2D eigenvalue weighted by Crippen LogP contribution is 2.34. The molecule has 126 valence electrons. The third-order valence-electron chi connectivity index (χ3n) is 4.25. The number of carbonyl (C=O) groups excluding carboxylic acids is 1. The third-order valence-corrected chi connectivity index (χ3v) is 4.25. The Morgan fingerprint density at radius 2 is 1.83 bits per heavy atom. The van der Waals surface area contributed by atoms with Crippen LogP contribution in [0.15, 0.2) is 18.2 Å². The van der Waals surface area contributed by atoms with Gasteiger partial charge in [-0.1, -0.05) is 18.2 Å². The van der Waals surface area contributed by atoms with Crippen LogP contribution < -0.4 is 0 Å². The Hall–Kier alpha value is -2.04. The Morgan fingerprint density at radius 1 is 1.17 bits per heavy atom. The second kappa shape index (κ2) is 6.22. The largest absolute Gasteiger partial charge is 0.481 e. The fourth-order valence-corrected chi connectivity index (χ4v) is 2.86. The Labute approximate surface area is 137 Å². The minimum Gasteiger partial charge on any atom is -0.481 e. The summed E-state index contributed by atoms with van der Waals surface area (Å²) in [5, 5.41) is 9.52. The van der Waals surface area contributed by atoms with E-state index in [0.717, 1.165) is 11.1 Å². The number of aryl methyl sites for hydroxylation is 2. The van der Waals surface area contributed by atoms with Crippen LogP contribution in [0.4, 0.5) is 4.79 Å². The molecule has 1 aromatic carbocycles. The van der Waals surface area contributed by atoms with Crippen LogP contribution in [0, 0.1) is 19.8 Å². The molecule has 0 aliphatic carbocycles. The van der Waals surface area contributed by atoms with Gasteiger partial charge in [0.1, 0.15) is 5.60 Å². The monoisotopic (exact) mass is 319 g/mol. The van der Waals surface area contributed by atoms with Crippen LogP contribution in [0.3, 0.4) is 0 Å². The van der Waals surface area contributed by atoms with Crippen LogP contribution in [0.5, 0.6) is 0 Å². The number of hydrogen-bond acceptors (Lipinski definition) is 3. The Morgan fingerprint density at radius 3 is 2.35 bits per heavy atom. The van der Waals surface area contributed by atoms with Crippen LogP contribution in [-0.2, 0) is 9.53 Å². The molecule has 2 unspecified atom stereocenters. The zero-order valence-corrected chi connectivity index (χ0v) is 14.4. The van der Waals surface area contributed by atoms with E-state index in [1.165, 1.54) is 10.5 Å². The Kier molecular flexibility index (Phi) is 4.68. The summed E-state index contributed by atoms with van der Waals surface area (Å²) in [6, 6.07) is 5.98. The van der Waals surface area contributed by atoms with Crippen molar-refractivity contribution in [3.8, 4) is 0 Å². The zero-order chi connectivity index (χ0) is 17.4. The second-order valence-electron chi connectivity index (χ2n) is 7.28. The van der Waals surface area contributed by atoms with E-state index >= 15 is 0 Å². The van der Waals surface area contributed by atoms with Crippen molar-refractivity contribution in [1.82, 2.24) is 4.90 Å². The lowest BCUT2D eigenvalue weighted by atomic mass is 9.87. The number of nitrogens with zero attached hydrogens (tertiary/aromatic N) is 1. The van der Waals surface area contributed by atoms with Crippen molar-refractivity contribution in [1.29, 1.82) is 0 Å². The maximum absolute atomic E-state index is 12.2. The van der Waals surface area contributed by atoms with Crippen LogP contribution in [0.2, 0.25) is 0 Å². The minimum absolute atomic E-state index is 0.182. The van der Waals surface area contributed by atoms with E-state index in [0.29, 0.717) is 6.54 Å². The summed E-state index contributed by atoms with van der Waals surface area (Å²) in [6.07, 6.45) is -0.449. The molecule has 2 atom stereocenters. The van der Waals surface area contributed by atoms with E-state index in [1.807, 2.05) is 32.0 Å². The smallest absolute Gasteiger partial charge is 0.410 e. The SMILES string of the molecule is Cc1ccc(C2CN(C(=O)OC(C)(C)C)CC2C(=O)O)cc1C. The van der Waals surface area contributed by atoms with Gasteiger partial charge in [-0.15, -0.1) is 0 Å². The van der Waals surface area contributed by atoms with Crippen molar-refractivity contribution in [3.63, 3.8) is 0 Å². The number of rotatable bonds is 2. The summed E-state index contributed by atoms with van der Waals surface area (Å²) in [4.78, 5) is 25.4. The van der Waals surface area contributed by atoms with Gasteiger partial charge < -0.3 is 14.7 Å². The molecule has 0 spiro atoms. The van der Waals surface area contributed by atoms with Crippen molar-refractivity contribution in [2.75, 3.05) is 13.1 Å². The van der Waals surface area contributed by atoms with Gasteiger partial charge in [0, 0.05) is 19.0 Å². The lowest BCUT2D eigenvalue weighted by molar-refractivity contribution is -0.141. The summed E-state index contributed by atoms with van der Waals surface area (Å²) >= 11 is 0. The molecule has 0 saturated carbocycles. The molecule has 1 aliphatic heterocycles. The number of likely N-dealkylation sites (tertiary alicyclic amines) is 1.